The molecule has 1 heterocycles. The maximum Gasteiger partial charge on any atom is 0.241 e. The zero-order valence-corrected chi connectivity index (χ0v) is 20.3. The van der Waals surface area contributed by atoms with Crippen LogP contribution in [-0.4, -0.2) is 76.6 Å². The van der Waals surface area contributed by atoms with Crippen molar-refractivity contribution in [3.63, 3.8) is 0 Å². The van der Waals surface area contributed by atoms with Crippen LogP contribution in [0.25, 0.3) is 0 Å². The lowest BCUT2D eigenvalue weighted by Crippen LogP contribution is -2.56. The Kier molecular flexibility index (Phi) is 8.71. The Morgan fingerprint density at radius 2 is 1.61 bits per heavy atom. The molecule has 1 atom stereocenters. The van der Waals surface area contributed by atoms with Crippen molar-refractivity contribution in [3.05, 3.63) is 54.6 Å². The third-order valence-corrected chi connectivity index (χ3v) is 7.14. The van der Waals surface area contributed by atoms with Gasteiger partial charge in [0.15, 0.2) is 0 Å². The van der Waals surface area contributed by atoms with Gasteiger partial charge in [-0.25, -0.2) is 8.42 Å². The van der Waals surface area contributed by atoms with Gasteiger partial charge in [0.05, 0.1) is 12.0 Å². The van der Waals surface area contributed by atoms with Crippen LogP contribution >= 0.6 is 0 Å². The van der Waals surface area contributed by atoms with Gasteiger partial charge in [0.25, 0.3) is 0 Å². The molecule has 1 saturated heterocycles. The van der Waals surface area contributed by atoms with Crippen LogP contribution in [0, 0.1) is 5.92 Å². The maximum atomic E-state index is 13.2. The van der Waals surface area contributed by atoms with Crippen LogP contribution in [0.3, 0.4) is 0 Å². The number of methoxy groups -OCH3 is 1. The molecule has 33 heavy (non-hydrogen) atoms. The van der Waals surface area contributed by atoms with Crippen LogP contribution in [0.1, 0.15) is 13.8 Å². The summed E-state index contributed by atoms with van der Waals surface area (Å²) in [5.74, 6) is 1.03. The van der Waals surface area contributed by atoms with Crippen LogP contribution in [0.2, 0.25) is 0 Å². The lowest BCUT2D eigenvalue weighted by atomic mass is 10.0. The summed E-state index contributed by atoms with van der Waals surface area (Å²) in [6.07, 6.45) is 0. The van der Waals surface area contributed by atoms with E-state index >= 15 is 0 Å². The fourth-order valence-electron chi connectivity index (χ4n) is 3.66. The highest BCUT2D eigenvalue weighted by molar-refractivity contribution is 7.89. The molecule has 1 aliphatic rings. The quantitative estimate of drug-likeness (QED) is 0.567. The summed E-state index contributed by atoms with van der Waals surface area (Å²) in [7, 11) is -2.32. The summed E-state index contributed by atoms with van der Waals surface area (Å²) in [5.41, 5.74) is 0. The van der Waals surface area contributed by atoms with Gasteiger partial charge < -0.3 is 14.4 Å². The molecule has 1 amide bonds. The van der Waals surface area contributed by atoms with Crippen molar-refractivity contribution < 1.29 is 22.7 Å². The molecule has 1 N–H and O–H groups in total. The number of hydrogen-bond donors (Lipinski definition) is 1. The van der Waals surface area contributed by atoms with Gasteiger partial charge in [0.1, 0.15) is 24.1 Å². The predicted octanol–water partition coefficient (Wildman–Crippen LogP) is 2.22. The maximum absolute atomic E-state index is 13.2. The number of carbonyl (C=O) groups is 1. The number of ether oxygens (including phenoxy) is 2. The standard InChI is InChI=1S/C24H33N3O5S/c1-19(2)23(25-33(29,30)22-11-9-20(31-3)10-12-22)24(28)27-15-13-26(14-16-27)17-18-32-21-7-5-4-6-8-21/h4-12,19,23,25H,13-18H2,1-3H3/t23-/m0/s1. The molecule has 0 saturated carbocycles. The number of benzene rings is 2. The molecular formula is C24H33N3O5S. The van der Waals surface area contributed by atoms with Crippen molar-refractivity contribution >= 4 is 15.9 Å². The molecule has 0 aromatic heterocycles. The van der Waals surface area contributed by atoms with Gasteiger partial charge in [-0.05, 0) is 42.3 Å². The van der Waals surface area contributed by atoms with Gasteiger partial charge in [-0.15, -0.1) is 0 Å². The summed E-state index contributed by atoms with van der Waals surface area (Å²) in [4.78, 5) is 17.3. The minimum Gasteiger partial charge on any atom is -0.497 e. The molecule has 180 valence electrons. The molecule has 1 fully saturated rings. The van der Waals surface area contributed by atoms with E-state index < -0.39 is 16.1 Å². The Labute approximate surface area is 196 Å². The Bertz CT molecular complexity index is 989. The van der Waals surface area contributed by atoms with Crippen LogP contribution in [0.5, 0.6) is 11.5 Å². The first-order chi connectivity index (χ1) is 15.8. The van der Waals surface area contributed by atoms with Gasteiger partial charge in [-0.2, -0.15) is 4.72 Å². The van der Waals surface area contributed by atoms with Gasteiger partial charge in [-0.3, -0.25) is 9.69 Å². The van der Waals surface area contributed by atoms with Gasteiger partial charge >= 0.3 is 0 Å². The number of amides is 1. The fourth-order valence-corrected chi connectivity index (χ4v) is 5.00. The first-order valence-electron chi connectivity index (χ1n) is 11.2. The Hall–Kier alpha value is -2.62. The van der Waals surface area contributed by atoms with Crippen molar-refractivity contribution in [3.8, 4) is 11.5 Å². The zero-order valence-electron chi connectivity index (χ0n) is 19.4. The lowest BCUT2D eigenvalue weighted by molar-refractivity contribution is -0.135. The van der Waals surface area contributed by atoms with E-state index in [-0.39, 0.29) is 16.7 Å². The van der Waals surface area contributed by atoms with E-state index in [1.165, 1.54) is 19.2 Å². The summed E-state index contributed by atoms with van der Waals surface area (Å²) >= 11 is 0. The van der Waals surface area contributed by atoms with E-state index in [1.54, 1.807) is 17.0 Å². The molecule has 3 rings (SSSR count). The number of nitrogens with zero attached hydrogens (tertiary/aromatic N) is 2. The first kappa shape index (κ1) is 25.0. The second-order valence-electron chi connectivity index (χ2n) is 8.35. The second kappa shape index (κ2) is 11.5. The number of rotatable bonds is 10. The highest BCUT2D eigenvalue weighted by atomic mass is 32.2. The van der Waals surface area contributed by atoms with Crippen molar-refractivity contribution in [1.82, 2.24) is 14.5 Å². The largest absolute Gasteiger partial charge is 0.497 e. The number of carbonyl (C=O) groups excluding carboxylic acids is 1. The summed E-state index contributed by atoms with van der Waals surface area (Å²) in [5, 5.41) is 0. The number of nitrogens with one attached hydrogen (secondary N) is 1. The zero-order chi connectivity index (χ0) is 23.8. The van der Waals surface area contributed by atoms with E-state index in [9.17, 15) is 13.2 Å². The fraction of sp³-hybridized carbons (Fsp3) is 0.458. The molecule has 9 heteroatoms. The third-order valence-electron chi connectivity index (χ3n) is 5.69. The number of para-hydroxylation sites is 1. The smallest absolute Gasteiger partial charge is 0.241 e. The molecular weight excluding hydrogens is 442 g/mol. The highest BCUT2D eigenvalue weighted by Gasteiger charge is 2.33. The normalized spacial score (nSPS) is 15.9. The summed E-state index contributed by atoms with van der Waals surface area (Å²) < 4.78 is 39.2. The molecule has 0 aliphatic carbocycles. The highest BCUT2D eigenvalue weighted by Crippen LogP contribution is 2.18. The summed E-state index contributed by atoms with van der Waals surface area (Å²) in [6.45, 7) is 7.59. The van der Waals surface area contributed by atoms with Crippen LogP contribution in [0.4, 0.5) is 0 Å². The topological polar surface area (TPSA) is 88.2 Å². The number of piperazine rings is 1. The van der Waals surface area contributed by atoms with Crippen molar-refractivity contribution in [2.45, 2.75) is 24.8 Å². The molecule has 0 bridgehead atoms. The van der Waals surface area contributed by atoms with Crippen LogP contribution in [0.15, 0.2) is 59.5 Å². The minimum absolute atomic E-state index is 0.102. The van der Waals surface area contributed by atoms with E-state index in [2.05, 4.69) is 9.62 Å². The summed E-state index contributed by atoms with van der Waals surface area (Å²) in [6, 6.07) is 15.0. The molecule has 0 spiro atoms. The molecule has 8 nitrogen and oxygen atoms in total. The van der Waals surface area contributed by atoms with Crippen LogP contribution < -0.4 is 14.2 Å². The van der Waals surface area contributed by atoms with Crippen molar-refractivity contribution in [2.75, 3.05) is 46.4 Å². The van der Waals surface area contributed by atoms with Crippen molar-refractivity contribution in [2.24, 2.45) is 5.92 Å². The Morgan fingerprint density at radius 3 is 2.18 bits per heavy atom. The van der Waals surface area contributed by atoms with E-state index in [0.717, 1.165) is 25.4 Å². The first-order valence-corrected chi connectivity index (χ1v) is 12.6. The molecule has 1 aliphatic heterocycles. The average Bonchev–Trinajstić information content (AvgIpc) is 2.83. The van der Waals surface area contributed by atoms with E-state index in [1.807, 2.05) is 44.2 Å². The van der Waals surface area contributed by atoms with Gasteiger partial charge in [-0.1, -0.05) is 32.0 Å². The third kappa shape index (κ3) is 6.93. The monoisotopic (exact) mass is 475 g/mol. The predicted molar refractivity (Wildman–Crippen MR) is 127 cm³/mol. The lowest BCUT2D eigenvalue weighted by Gasteiger charge is -2.37. The van der Waals surface area contributed by atoms with Crippen molar-refractivity contribution in [1.29, 1.82) is 0 Å². The number of hydrogen-bond acceptors (Lipinski definition) is 6. The molecule has 0 radical (unpaired) electrons. The SMILES string of the molecule is COc1ccc(S(=O)(=O)N[C@H](C(=O)N2CCN(CCOc3ccccc3)CC2)C(C)C)cc1. The second-order valence-corrected chi connectivity index (χ2v) is 10.1. The molecule has 0 unspecified atom stereocenters. The van der Waals surface area contributed by atoms with E-state index in [4.69, 9.17) is 9.47 Å². The molecule has 2 aromatic carbocycles. The number of sulfonamides is 1. The average molecular weight is 476 g/mol. The van der Waals surface area contributed by atoms with Crippen LogP contribution in [-0.2, 0) is 14.8 Å². The minimum atomic E-state index is -3.84. The Morgan fingerprint density at radius 1 is 0.970 bits per heavy atom. The van der Waals surface area contributed by atoms with Gasteiger partial charge in [0.2, 0.25) is 15.9 Å². The van der Waals surface area contributed by atoms with E-state index in [0.29, 0.717) is 25.4 Å². The van der Waals surface area contributed by atoms with Gasteiger partial charge in [0, 0.05) is 32.7 Å². The molecule has 2 aromatic rings. The Balaban J connectivity index is 1.53.